The van der Waals surface area contributed by atoms with Gasteiger partial charge in [-0.1, -0.05) is 20.3 Å². The monoisotopic (exact) mass is 309 g/mol. The first-order valence-electron chi connectivity index (χ1n) is 7.75. The molecule has 1 heterocycles. The maximum atomic E-state index is 11.7. The normalized spacial score (nSPS) is 10.4. The lowest BCUT2D eigenvalue weighted by atomic mass is 10.1. The lowest BCUT2D eigenvalue weighted by Crippen LogP contribution is -2.19. The number of carbonyl (C=O) groups is 1. The summed E-state index contributed by atoms with van der Waals surface area (Å²) >= 11 is 0. The van der Waals surface area contributed by atoms with Crippen molar-refractivity contribution in [2.45, 2.75) is 40.0 Å². The lowest BCUT2D eigenvalue weighted by Gasteiger charge is -2.21. The van der Waals surface area contributed by atoms with Gasteiger partial charge in [-0.2, -0.15) is 0 Å². The highest BCUT2D eigenvalue weighted by Gasteiger charge is 2.24. The number of aromatic carboxylic acids is 1. The molecular formula is C16H27N3O3. The van der Waals surface area contributed by atoms with Gasteiger partial charge in [0.05, 0.1) is 6.61 Å². The van der Waals surface area contributed by atoms with Gasteiger partial charge in [-0.25, -0.2) is 9.78 Å². The maximum Gasteiger partial charge on any atom is 0.340 e. The molecular weight excluding hydrogens is 282 g/mol. The Balaban J connectivity index is 3.38. The van der Waals surface area contributed by atoms with Gasteiger partial charge in [-0.3, -0.25) is 0 Å². The molecule has 0 spiro atoms. The largest absolute Gasteiger partial charge is 0.489 e. The van der Waals surface area contributed by atoms with Gasteiger partial charge in [-0.05, 0) is 19.8 Å². The molecule has 0 aliphatic carbocycles. The Hall–Kier alpha value is -1.98. The number of unbranched alkanes of at least 4 members (excludes halogenated alkanes) is 1. The molecule has 0 saturated heterocycles. The van der Waals surface area contributed by atoms with Gasteiger partial charge in [0, 0.05) is 26.2 Å². The van der Waals surface area contributed by atoms with Crippen LogP contribution in [0.1, 0.15) is 49.0 Å². The quantitative estimate of drug-likeness (QED) is 0.683. The minimum absolute atomic E-state index is 0.188. The predicted octanol–water partition coefficient (Wildman–Crippen LogP) is 3.16. The van der Waals surface area contributed by atoms with Crippen LogP contribution in [0, 0.1) is 6.92 Å². The Bertz CT molecular complexity index is 516. The molecule has 6 nitrogen and oxygen atoms in total. The van der Waals surface area contributed by atoms with Crippen LogP contribution in [0.2, 0.25) is 0 Å². The topological polar surface area (TPSA) is 74.7 Å². The number of rotatable bonds is 9. The molecule has 0 amide bonds. The van der Waals surface area contributed by atoms with E-state index in [2.05, 4.69) is 17.2 Å². The molecule has 0 radical (unpaired) electrons. The Morgan fingerprint density at radius 2 is 2.00 bits per heavy atom. The van der Waals surface area contributed by atoms with Crippen LogP contribution in [-0.4, -0.2) is 43.3 Å². The lowest BCUT2D eigenvalue weighted by molar-refractivity contribution is 0.0691. The Labute approximate surface area is 132 Å². The molecule has 0 atom stereocenters. The van der Waals surface area contributed by atoms with Gasteiger partial charge in [0.15, 0.2) is 11.6 Å². The first kappa shape index (κ1) is 18.1. The molecule has 0 saturated carbocycles. The third kappa shape index (κ3) is 4.26. The fraction of sp³-hybridized carbons (Fsp3) is 0.625. The summed E-state index contributed by atoms with van der Waals surface area (Å²) < 4.78 is 5.76. The zero-order chi connectivity index (χ0) is 16.7. The number of ether oxygens (including phenoxy) is 1. The molecule has 1 aromatic rings. The smallest absolute Gasteiger partial charge is 0.340 e. The number of carboxylic acid groups (broad SMARTS) is 1. The molecule has 0 bridgehead atoms. The maximum absolute atomic E-state index is 11.7. The first-order valence-corrected chi connectivity index (χ1v) is 7.75. The summed E-state index contributed by atoms with van der Waals surface area (Å²) in [5, 5.41) is 12.8. The fourth-order valence-corrected chi connectivity index (χ4v) is 2.16. The highest BCUT2D eigenvalue weighted by atomic mass is 16.5. The van der Waals surface area contributed by atoms with Crippen molar-refractivity contribution in [3.63, 3.8) is 0 Å². The van der Waals surface area contributed by atoms with E-state index in [1.54, 1.807) is 6.92 Å². The summed E-state index contributed by atoms with van der Waals surface area (Å²) in [7, 11) is 3.70. The second-order valence-electron chi connectivity index (χ2n) is 5.44. The molecule has 2 N–H and O–H groups in total. The SMILES string of the molecule is CCCCOc1c(NCCC)nc(N(C)C)c(C)c1C(=O)O. The second-order valence-corrected chi connectivity index (χ2v) is 5.44. The van der Waals surface area contributed by atoms with Crippen LogP contribution in [0.4, 0.5) is 11.6 Å². The number of nitrogens with one attached hydrogen (secondary N) is 1. The zero-order valence-corrected chi connectivity index (χ0v) is 14.2. The molecule has 124 valence electrons. The zero-order valence-electron chi connectivity index (χ0n) is 14.2. The summed E-state index contributed by atoms with van der Waals surface area (Å²) in [5.41, 5.74) is 0.805. The summed E-state index contributed by atoms with van der Waals surface area (Å²) in [6.07, 6.45) is 2.78. The highest BCUT2D eigenvalue weighted by Crippen LogP contribution is 2.35. The van der Waals surface area contributed by atoms with E-state index in [-0.39, 0.29) is 5.56 Å². The number of carboxylic acids is 1. The number of pyridine rings is 1. The minimum atomic E-state index is -0.992. The van der Waals surface area contributed by atoms with Crippen molar-refractivity contribution in [2.24, 2.45) is 0 Å². The Morgan fingerprint density at radius 1 is 1.32 bits per heavy atom. The average Bonchev–Trinajstić information content (AvgIpc) is 2.45. The number of anilines is 2. The van der Waals surface area contributed by atoms with Crippen molar-refractivity contribution < 1.29 is 14.6 Å². The third-order valence-corrected chi connectivity index (χ3v) is 3.29. The van der Waals surface area contributed by atoms with Gasteiger partial charge in [0.2, 0.25) is 0 Å². The second kappa shape index (κ2) is 8.46. The molecule has 22 heavy (non-hydrogen) atoms. The van der Waals surface area contributed by atoms with Crippen LogP contribution in [0.15, 0.2) is 0 Å². The molecule has 1 rings (SSSR count). The summed E-state index contributed by atoms with van der Waals surface area (Å²) in [4.78, 5) is 18.1. The van der Waals surface area contributed by atoms with E-state index in [0.29, 0.717) is 36.1 Å². The summed E-state index contributed by atoms with van der Waals surface area (Å²) in [5.74, 6) is 0.495. The number of hydrogen-bond donors (Lipinski definition) is 2. The molecule has 0 fully saturated rings. The van der Waals surface area contributed by atoms with Crippen molar-refractivity contribution in [1.29, 1.82) is 0 Å². The van der Waals surface area contributed by atoms with E-state index < -0.39 is 5.97 Å². The van der Waals surface area contributed by atoms with Gasteiger partial charge < -0.3 is 20.1 Å². The van der Waals surface area contributed by atoms with Crippen molar-refractivity contribution in [1.82, 2.24) is 4.98 Å². The van der Waals surface area contributed by atoms with Crippen molar-refractivity contribution >= 4 is 17.6 Å². The van der Waals surface area contributed by atoms with Gasteiger partial charge in [0.1, 0.15) is 11.4 Å². The van der Waals surface area contributed by atoms with E-state index in [4.69, 9.17) is 4.74 Å². The van der Waals surface area contributed by atoms with Crippen LogP contribution in [0.3, 0.4) is 0 Å². The van der Waals surface area contributed by atoms with Crippen LogP contribution < -0.4 is 15.0 Å². The molecule has 0 unspecified atom stereocenters. The predicted molar refractivity (Wildman–Crippen MR) is 89.4 cm³/mol. The van der Waals surface area contributed by atoms with Crippen LogP contribution in [0.25, 0.3) is 0 Å². The highest BCUT2D eigenvalue weighted by molar-refractivity contribution is 5.96. The number of hydrogen-bond acceptors (Lipinski definition) is 5. The fourth-order valence-electron chi connectivity index (χ4n) is 2.16. The molecule has 1 aromatic heterocycles. The van der Waals surface area contributed by atoms with E-state index in [1.807, 2.05) is 25.9 Å². The molecule has 0 aromatic carbocycles. The summed E-state index contributed by atoms with van der Waals surface area (Å²) in [6, 6.07) is 0. The molecule has 0 aliphatic heterocycles. The molecule has 0 aliphatic rings. The number of nitrogens with zero attached hydrogens (tertiary/aromatic N) is 2. The third-order valence-electron chi connectivity index (χ3n) is 3.29. The summed E-state index contributed by atoms with van der Waals surface area (Å²) in [6.45, 7) is 7.08. The average molecular weight is 309 g/mol. The van der Waals surface area contributed by atoms with E-state index in [0.717, 1.165) is 19.3 Å². The van der Waals surface area contributed by atoms with E-state index in [9.17, 15) is 9.90 Å². The standard InChI is InChI=1S/C16H27N3O3/c1-6-8-10-22-13-12(16(20)21)11(3)15(19(4)5)18-14(13)17-9-7-2/h6-10H2,1-5H3,(H,17,18)(H,20,21). The van der Waals surface area contributed by atoms with Crippen LogP contribution >= 0.6 is 0 Å². The van der Waals surface area contributed by atoms with Crippen molar-refractivity contribution in [3.8, 4) is 5.75 Å². The van der Waals surface area contributed by atoms with Crippen LogP contribution in [-0.2, 0) is 0 Å². The minimum Gasteiger partial charge on any atom is -0.489 e. The first-order chi connectivity index (χ1) is 10.4. The Morgan fingerprint density at radius 3 is 2.50 bits per heavy atom. The van der Waals surface area contributed by atoms with E-state index >= 15 is 0 Å². The van der Waals surface area contributed by atoms with E-state index in [1.165, 1.54) is 0 Å². The van der Waals surface area contributed by atoms with Gasteiger partial charge in [0.25, 0.3) is 0 Å². The molecule has 6 heteroatoms. The number of aromatic nitrogens is 1. The van der Waals surface area contributed by atoms with Crippen LogP contribution in [0.5, 0.6) is 5.75 Å². The van der Waals surface area contributed by atoms with Crippen molar-refractivity contribution in [3.05, 3.63) is 11.1 Å². The van der Waals surface area contributed by atoms with Gasteiger partial charge >= 0.3 is 5.97 Å². The van der Waals surface area contributed by atoms with Gasteiger partial charge in [-0.15, -0.1) is 0 Å². The Kier molecular flexibility index (Phi) is 6.95. The van der Waals surface area contributed by atoms with Crippen molar-refractivity contribution in [2.75, 3.05) is 37.5 Å².